The lowest BCUT2D eigenvalue weighted by molar-refractivity contribution is -0.152. The van der Waals surface area contributed by atoms with Crippen LogP contribution in [0, 0.1) is 11.2 Å². The van der Waals surface area contributed by atoms with E-state index < -0.39 is 5.41 Å². The molecule has 4 unspecified atom stereocenters. The molecule has 0 aliphatic carbocycles. The number of carbonyl (C=O) groups is 2. The molecule has 0 spiro atoms. The fourth-order valence-electron chi connectivity index (χ4n) is 7.03. The predicted octanol–water partition coefficient (Wildman–Crippen LogP) is 8.88. The van der Waals surface area contributed by atoms with Gasteiger partial charge in [0.05, 0.1) is 48.9 Å². The van der Waals surface area contributed by atoms with Gasteiger partial charge in [0.15, 0.2) is 0 Å². The first-order valence-corrected chi connectivity index (χ1v) is 23.0. The number of likely N-dealkylation sites (N-methyl/N-ethyl adjacent to an activating group) is 1. The van der Waals surface area contributed by atoms with Crippen LogP contribution in [0.25, 0.3) is 17.0 Å². The third-order valence-electron chi connectivity index (χ3n) is 10.4. The number of halogens is 1. The lowest BCUT2D eigenvalue weighted by Crippen LogP contribution is -2.51. The number of morpholine rings is 1. The summed E-state index contributed by atoms with van der Waals surface area (Å²) >= 11 is 0. The van der Waals surface area contributed by atoms with Crippen LogP contribution in [0.15, 0.2) is 48.1 Å². The summed E-state index contributed by atoms with van der Waals surface area (Å²) in [6, 6.07) is 2.91. The number of hydrazine groups is 1. The number of allylic oxidation sites excluding steroid dienone is 1. The summed E-state index contributed by atoms with van der Waals surface area (Å²) in [7, 11) is 5.28. The van der Waals surface area contributed by atoms with Gasteiger partial charge in [0.1, 0.15) is 11.9 Å². The van der Waals surface area contributed by atoms with Crippen molar-refractivity contribution >= 4 is 40.8 Å². The first-order valence-electron chi connectivity index (χ1n) is 23.0. The lowest BCUT2D eigenvalue weighted by atomic mass is 9.85. The van der Waals surface area contributed by atoms with Crippen LogP contribution in [-0.4, -0.2) is 113 Å². The SMILES string of the molecule is C=CC=N/C(=C/c1c(CC(C)(C)COC(=O)C2CCCN(C)N2)c2cc(N3CCOC(CC(C=C)NC(=O)CNC)C3)c(F)cc2n1CC)C(C)OC.CC.CCC.CCCC. The highest BCUT2D eigenvalue weighted by Gasteiger charge is 2.31. The maximum absolute atomic E-state index is 16.3. The topological polar surface area (TPSA) is 122 Å². The van der Waals surface area contributed by atoms with Crippen LogP contribution in [0.2, 0.25) is 0 Å². The molecule has 1 aromatic heterocycles. The molecule has 0 bridgehead atoms. The number of hydrogen-bond donors (Lipinski definition) is 3. The fourth-order valence-corrected chi connectivity index (χ4v) is 7.03. The number of aliphatic imine (C=N–C) groups is 1. The number of amides is 1. The smallest absolute Gasteiger partial charge is 0.324 e. The van der Waals surface area contributed by atoms with E-state index in [1.54, 1.807) is 38.6 Å². The van der Waals surface area contributed by atoms with Crippen LogP contribution in [0.3, 0.4) is 0 Å². The summed E-state index contributed by atoms with van der Waals surface area (Å²) in [5, 5.41) is 8.66. The van der Waals surface area contributed by atoms with Crippen molar-refractivity contribution in [3.63, 3.8) is 0 Å². The third-order valence-corrected chi connectivity index (χ3v) is 10.4. The maximum Gasteiger partial charge on any atom is 0.324 e. The van der Waals surface area contributed by atoms with Gasteiger partial charge in [0.25, 0.3) is 0 Å². The van der Waals surface area contributed by atoms with Crippen LogP contribution < -0.4 is 21.0 Å². The van der Waals surface area contributed by atoms with Gasteiger partial charge in [0.2, 0.25) is 5.91 Å². The first kappa shape index (κ1) is 56.1. The standard InChI is InChI=1S/C40H60FN7O5.C4H10.C3H8.C2H6/c1-10-15-43-34(27(4)51-9)22-36-31(23-40(5,6)26-53-39(50)33-14-13-16-46(8)45-33)30-20-37(32(41)21-35(30)48(36)12-3)47-17-18-52-29(25-47)19-28(11-2)44-38(49)24-42-7;1-3-4-2;1-3-2;1-2/h10-11,15,20-22,27-29,33,42,45H,1-2,12-14,16-19,23-26H2,3-9H3,(H,44,49);3-4H2,1-2H3;3H2,1-2H3;1-2H3/b34-22+,43-15?;;;. The van der Waals surface area contributed by atoms with Gasteiger partial charge in [0, 0.05) is 75.2 Å². The van der Waals surface area contributed by atoms with Crippen molar-refractivity contribution in [2.75, 3.05) is 65.5 Å². The Balaban J connectivity index is 0.00000196. The van der Waals surface area contributed by atoms with Crippen molar-refractivity contribution in [2.24, 2.45) is 10.4 Å². The number of benzene rings is 1. The highest BCUT2D eigenvalue weighted by atomic mass is 19.1. The number of anilines is 1. The highest BCUT2D eigenvalue weighted by molar-refractivity contribution is 5.92. The van der Waals surface area contributed by atoms with E-state index in [-0.39, 0.29) is 55.1 Å². The molecule has 0 radical (unpaired) electrons. The number of nitrogens with zero attached hydrogens (tertiary/aromatic N) is 4. The van der Waals surface area contributed by atoms with E-state index in [0.29, 0.717) is 50.5 Å². The number of aromatic nitrogens is 1. The Bertz CT molecular complexity index is 1700. The van der Waals surface area contributed by atoms with E-state index in [9.17, 15) is 9.59 Å². The minimum absolute atomic E-state index is 0.131. The Kier molecular flexibility index (Phi) is 27.4. The number of nitrogens with one attached hydrogen (secondary N) is 3. The number of fused-ring (bicyclic) bond motifs is 1. The number of ether oxygens (including phenoxy) is 3. The summed E-state index contributed by atoms with van der Waals surface area (Å²) in [6.07, 6.45) is 13.0. The zero-order chi connectivity index (χ0) is 46.8. The number of esters is 1. The molecule has 4 atom stereocenters. The molecule has 62 heavy (non-hydrogen) atoms. The second-order valence-corrected chi connectivity index (χ2v) is 16.4. The third kappa shape index (κ3) is 18.1. The van der Waals surface area contributed by atoms with Crippen molar-refractivity contribution < 1.29 is 28.2 Å². The summed E-state index contributed by atoms with van der Waals surface area (Å²) < 4.78 is 36.2. The predicted molar refractivity (Wildman–Crippen MR) is 258 cm³/mol. The second kappa shape index (κ2) is 30.2. The first-order chi connectivity index (χ1) is 29.7. The van der Waals surface area contributed by atoms with Gasteiger partial charge in [-0.1, -0.05) is 93.4 Å². The molecule has 352 valence electrons. The second-order valence-electron chi connectivity index (χ2n) is 16.4. The molecule has 1 aromatic carbocycles. The van der Waals surface area contributed by atoms with Crippen LogP contribution in [0.1, 0.15) is 119 Å². The summed E-state index contributed by atoms with van der Waals surface area (Å²) in [5.74, 6) is -0.723. The fraction of sp³-hybridized carbons (Fsp3) is 0.653. The van der Waals surface area contributed by atoms with E-state index in [1.165, 1.54) is 19.3 Å². The average molecular weight is 870 g/mol. The van der Waals surface area contributed by atoms with Gasteiger partial charge < -0.3 is 34.3 Å². The molecular formula is C49H84FN7O5. The molecule has 12 nitrogen and oxygen atoms in total. The van der Waals surface area contributed by atoms with E-state index in [0.717, 1.165) is 41.5 Å². The molecule has 2 fully saturated rings. The average Bonchev–Trinajstić information content (AvgIpc) is 3.53. The van der Waals surface area contributed by atoms with Crippen molar-refractivity contribution in [3.8, 4) is 0 Å². The van der Waals surface area contributed by atoms with Gasteiger partial charge in [-0.15, -0.1) is 6.58 Å². The largest absolute Gasteiger partial charge is 0.464 e. The summed E-state index contributed by atoms with van der Waals surface area (Å²) in [6.45, 7) is 31.7. The molecule has 2 aliphatic rings. The number of unbranched alkanes of at least 4 members (excludes halogenated alkanes) is 1. The highest BCUT2D eigenvalue weighted by Crippen LogP contribution is 2.38. The Morgan fingerprint density at radius 3 is 2.37 bits per heavy atom. The normalized spacial score (nSPS) is 18.0. The van der Waals surface area contributed by atoms with Gasteiger partial charge in [-0.3, -0.25) is 14.6 Å². The zero-order valence-corrected chi connectivity index (χ0v) is 40.8. The molecule has 1 amide bonds. The Morgan fingerprint density at radius 1 is 1.13 bits per heavy atom. The van der Waals surface area contributed by atoms with Crippen LogP contribution >= 0.6 is 0 Å². The molecule has 2 aliphatic heterocycles. The number of carbonyl (C=O) groups excluding carboxylic acids is 2. The number of methoxy groups -OCH3 is 1. The Morgan fingerprint density at radius 2 is 1.81 bits per heavy atom. The van der Waals surface area contributed by atoms with Gasteiger partial charge in [-0.2, -0.15) is 0 Å². The zero-order valence-electron chi connectivity index (χ0n) is 40.8. The monoisotopic (exact) mass is 870 g/mol. The van der Waals surface area contributed by atoms with E-state index in [4.69, 9.17) is 14.2 Å². The molecule has 2 aromatic rings. The minimum Gasteiger partial charge on any atom is -0.464 e. The van der Waals surface area contributed by atoms with Crippen molar-refractivity contribution in [1.29, 1.82) is 0 Å². The molecular weight excluding hydrogens is 786 g/mol. The maximum atomic E-state index is 16.3. The van der Waals surface area contributed by atoms with Crippen molar-refractivity contribution in [3.05, 3.63) is 60.2 Å². The van der Waals surface area contributed by atoms with E-state index in [2.05, 4.69) is 80.3 Å². The molecule has 3 N–H and O–H groups in total. The number of rotatable bonds is 19. The summed E-state index contributed by atoms with van der Waals surface area (Å²) in [5.41, 5.74) is 6.57. The van der Waals surface area contributed by atoms with Gasteiger partial charge >= 0.3 is 5.97 Å². The molecule has 3 heterocycles. The molecule has 4 rings (SSSR count). The summed E-state index contributed by atoms with van der Waals surface area (Å²) in [4.78, 5) is 32.1. The van der Waals surface area contributed by atoms with Crippen molar-refractivity contribution in [1.82, 2.24) is 25.6 Å². The van der Waals surface area contributed by atoms with Gasteiger partial charge in [-0.25, -0.2) is 14.8 Å². The van der Waals surface area contributed by atoms with Crippen LogP contribution in [-0.2, 0) is 36.8 Å². The van der Waals surface area contributed by atoms with Gasteiger partial charge in [-0.05, 0) is 64.3 Å². The Hall–Kier alpha value is -3.88. The van der Waals surface area contributed by atoms with E-state index >= 15 is 4.39 Å². The number of aryl methyl sites for hydroxylation is 1. The number of hydrogen-bond acceptors (Lipinski definition) is 10. The van der Waals surface area contributed by atoms with E-state index in [1.807, 2.05) is 56.8 Å². The lowest BCUT2D eigenvalue weighted by Gasteiger charge is -2.36. The quantitative estimate of drug-likeness (QED) is 0.0723. The minimum atomic E-state index is -0.473. The Labute approximate surface area is 374 Å². The molecule has 0 saturated carbocycles. The van der Waals surface area contributed by atoms with Crippen LogP contribution in [0.5, 0.6) is 0 Å². The molecule has 2 saturated heterocycles. The van der Waals surface area contributed by atoms with Crippen molar-refractivity contribution in [2.45, 2.75) is 145 Å². The molecule has 13 heteroatoms. The van der Waals surface area contributed by atoms with Crippen LogP contribution in [0.4, 0.5) is 10.1 Å².